The molecule has 0 bridgehead atoms. The lowest BCUT2D eigenvalue weighted by Gasteiger charge is -2.40. The average molecular weight is 520 g/mol. The van der Waals surface area contributed by atoms with Gasteiger partial charge < -0.3 is 64.9 Å². The summed E-state index contributed by atoms with van der Waals surface area (Å²) in [6.45, 7) is -2.18. The summed E-state index contributed by atoms with van der Waals surface area (Å²) in [7, 11) is 1.36. The Bertz CT molecular complexity index is 863. The summed E-state index contributed by atoms with van der Waals surface area (Å²) >= 11 is 0. The number of hydrogen-bond donors (Lipinski definition) is 9. The minimum absolute atomic E-state index is 0.0841. The highest BCUT2D eigenvalue weighted by molar-refractivity contribution is 5.87. The molecule has 14 nitrogen and oxygen atoms in total. The Morgan fingerprint density at radius 1 is 1.06 bits per heavy atom. The van der Waals surface area contributed by atoms with Crippen LogP contribution < -0.4 is 4.74 Å². The number of carbonyl (C=O) groups excluding carboxylic acids is 1. The summed E-state index contributed by atoms with van der Waals surface area (Å²) in [5, 5.41) is 87.5. The number of phenols is 1. The summed E-state index contributed by atoms with van der Waals surface area (Å²) in [5.74, 6) is -0.732. The molecular weight excluding hydrogens is 488 g/mol. The summed E-state index contributed by atoms with van der Waals surface area (Å²) < 4.78 is 20.4. The van der Waals surface area contributed by atoms with Gasteiger partial charge in [-0.25, -0.2) is 4.79 Å². The number of phenolic OH excluding ortho intramolecular Hbond substituents is 1. The van der Waals surface area contributed by atoms with Gasteiger partial charge in [0, 0.05) is 6.08 Å². The summed E-state index contributed by atoms with van der Waals surface area (Å²) in [6.07, 6.45) is -13.1. The van der Waals surface area contributed by atoms with Gasteiger partial charge in [0.05, 0.1) is 20.3 Å². The van der Waals surface area contributed by atoms with Crippen LogP contribution in [0.4, 0.5) is 0 Å². The maximum atomic E-state index is 12.1. The topological polar surface area (TPSA) is 236 Å². The molecule has 1 heterocycles. The third kappa shape index (κ3) is 7.81. The zero-order valence-electron chi connectivity index (χ0n) is 19.3. The molecule has 2 rings (SSSR count). The Morgan fingerprint density at radius 3 is 2.36 bits per heavy atom. The molecule has 1 aliphatic rings. The van der Waals surface area contributed by atoms with E-state index in [9.17, 15) is 45.6 Å². The number of aromatic hydroxyl groups is 1. The van der Waals surface area contributed by atoms with Gasteiger partial charge in [-0.15, -0.1) is 0 Å². The van der Waals surface area contributed by atoms with Crippen LogP contribution in [-0.2, 0) is 19.0 Å². The van der Waals surface area contributed by atoms with Crippen LogP contribution in [0.2, 0.25) is 0 Å². The van der Waals surface area contributed by atoms with E-state index in [1.54, 1.807) is 0 Å². The fraction of sp³-hybridized carbons (Fsp3) is 0.591. The Labute approximate surface area is 205 Å². The Morgan fingerprint density at radius 2 is 1.72 bits per heavy atom. The van der Waals surface area contributed by atoms with Gasteiger partial charge in [-0.3, -0.25) is 0 Å². The first-order valence-electron chi connectivity index (χ1n) is 10.9. The van der Waals surface area contributed by atoms with Crippen molar-refractivity contribution >= 4 is 12.0 Å². The van der Waals surface area contributed by atoms with Gasteiger partial charge in [0.15, 0.2) is 17.8 Å². The lowest BCUT2D eigenvalue weighted by atomic mass is 9.99. The molecule has 14 heteroatoms. The molecule has 1 saturated heterocycles. The van der Waals surface area contributed by atoms with E-state index < -0.39 is 80.9 Å². The van der Waals surface area contributed by atoms with E-state index >= 15 is 0 Å². The van der Waals surface area contributed by atoms with E-state index in [4.69, 9.17) is 24.1 Å². The molecule has 1 fully saturated rings. The summed E-state index contributed by atoms with van der Waals surface area (Å²) in [5.41, 5.74) is 0.514. The van der Waals surface area contributed by atoms with Crippen molar-refractivity contribution in [2.75, 3.05) is 26.9 Å². The maximum absolute atomic E-state index is 12.1. The lowest BCUT2D eigenvalue weighted by molar-refractivity contribution is -0.307. The molecule has 9 atom stereocenters. The second-order valence-corrected chi connectivity index (χ2v) is 8.04. The minimum Gasteiger partial charge on any atom is -0.504 e. The van der Waals surface area contributed by atoms with Crippen LogP contribution in [0.5, 0.6) is 11.5 Å². The molecule has 0 saturated carbocycles. The van der Waals surface area contributed by atoms with Gasteiger partial charge >= 0.3 is 5.97 Å². The lowest BCUT2D eigenvalue weighted by Crippen LogP contribution is -2.60. The summed E-state index contributed by atoms with van der Waals surface area (Å²) in [6, 6.07) is 4.36. The standard InChI is InChI=1S/C22H32O14/c1-33-14-6-10(2-4-11(14)24)3-5-16(27)34-9-15-19(30)20(31)21(32)22(36-15)35-8-13(26)18(29)17(28)12(25)7-23/h2-6,12-13,15,17-26,28-32H,7-9H2,1H3/b5-3+/t12-,13-,15-,17-,18-,19-,20+,21-,22-/m1/s1. The molecule has 0 amide bonds. The number of ether oxygens (including phenoxy) is 4. The zero-order chi connectivity index (χ0) is 27.0. The van der Waals surface area contributed by atoms with Crippen LogP contribution in [-0.4, -0.2) is 134 Å². The average Bonchev–Trinajstić information content (AvgIpc) is 2.88. The predicted molar refractivity (Wildman–Crippen MR) is 118 cm³/mol. The van der Waals surface area contributed by atoms with E-state index in [0.29, 0.717) is 5.56 Å². The molecule has 0 aromatic heterocycles. The molecule has 1 aromatic rings. The quantitative estimate of drug-likeness (QED) is 0.0950. The molecule has 0 aliphatic carbocycles. The molecular formula is C22H32O14. The summed E-state index contributed by atoms with van der Waals surface area (Å²) in [4.78, 5) is 12.1. The van der Waals surface area contributed by atoms with Crippen LogP contribution in [0.15, 0.2) is 24.3 Å². The smallest absolute Gasteiger partial charge is 0.330 e. The van der Waals surface area contributed by atoms with Crippen LogP contribution in [0, 0.1) is 0 Å². The number of rotatable bonds is 12. The van der Waals surface area contributed by atoms with Crippen molar-refractivity contribution in [3.8, 4) is 11.5 Å². The normalized spacial score (nSPS) is 27.9. The molecule has 9 N–H and O–H groups in total. The molecule has 1 aromatic carbocycles. The van der Waals surface area contributed by atoms with Crippen molar-refractivity contribution in [1.29, 1.82) is 0 Å². The van der Waals surface area contributed by atoms with Crippen molar-refractivity contribution in [3.05, 3.63) is 29.8 Å². The zero-order valence-corrected chi connectivity index (χ0v) is 19.3. The van der Waals surface area contributed by atoms with Crippen molar-refractivity contribution in [2.24, 2.45) is 0 Å². The van der Waals surface area contributed by atoms with E-state index in [-0.39, 0.29) is 11.5 Å². The Kier molecular flexibility index (Phi) is 11.4. The monoisotopic (exact) mass is 520 g/mol. The molecule has 1 aliphatic heterocycles. The van der Waals surface area contributed by atoms with Crippen LogP contribution in [0.25, 0.3) is 6.08 Å². The van der Waals surface area contributed by atoms with E-state index in [1.807, 2.05) is 0 Å². The van der Waals surface area contributed by atoms with Gasteiger partial charge in [0.2, 0.25) is 0 Å². The molecule has 0 unspecified atom stereocenters. The van der Waals surface area contributed by atoms with Crippen molar-refractivity contribution < 1.29 is 69.7 Å². The van der Waals surface area contributed by atoms with Crippen molar-refractivity contribution in [2.45, 2.75) is 55.1 Å². The number of hydrogen-bond acceptors (Lipinski definition) is 14. The minimum atomic E-state index is -1.93. The van der Waals surface area contributed by atoms with E-state index in [0.717, 1.165) is 6.08 Å². The SMILES string of the molecule is COc1cc(/C=C/C(=O)OC[C@H]2O[C@@H](OC[C@@H](O)[C@@H](O)[C@H](O)[C@H](O)CO)[C@H](O)[C@@H](O)[C@@H]2O)ccc1O. The first kappa shape index (κ1) is 29.9. The van der Waals surface area contributed by atoms with Gasteiger partial charge in [-0.1, -0.05) is 6.07 Å². The third-order valence-electron chi connectivity index (χ3n) is 5.43. The van der Waals surface area contributed by atoms with Gasteiger partial charge in [-0.05, 0) is 23.8 Å². The van der Waals surface area contributed by atoms with Gasteiger partial charge in [-0.2, -0.15) is 0 Å². The third-order valence-corrected chi connectivity index (χ3v) is 5.43. The Hall–Kier alpha value is -2.37. The number of aliphatic hydroxyl groups is 8. The first-order valence-corrected chi connectivity index (χ1v) is 10.9. The van der Waals surface area contributed by atoms with Crippen molar-refractivity contribution in [3.63, 3.8) is 0 Å². The van der Waals surface area contributed by atoms with Gasteiger partial charge in [0.25, 0.3) is 0 Å². The first-order chi connectivity index (χ1) is 17.0. The van der Waals surface area contributed by atoms with Crippen LogP contribution in [0.3, 0.4) is 0 Å². The van der Waals surface area contributed by atoms with Crippen molar-refractivity contribution in [1.82, 2.24) is 0 Å². The Balaban J connectivity index is 1.92. The number of esters is 1. The van der Waals surface area contributed by atoms with Crippen LogP contribution >= 0.6 is 0 Å². The molecule has 204 valence electrons. The highest BCUT2D eigenvalue weighted by atomic mass is 16.7. The van der Waals surface area contributed by atoms with Crippen LogP contribution in [0.1, 0.15) is 5.56 Å². The molecule has 0 radical (unpaired) electrons. The van der Waals surface area contributed by atoms with Gasteiger partial charge in [0.1, 0.15) is 55.4 Å². The second kappa shape index (κ2) is 13.8. The second-order valence-electron chi connectivity index (χ2n) is 8.04. The highest BCUT2D eigenvalue weighted by Crippen LogP contribution is 2.27. The number of benzene rings is 1. The molecule has 36 heavy (non-hydrogen) atoms. The maximum Gasteiger partial charge on any atom is 0.330 e. The fourth-order valence-corrected chi connectivity index (χ4v) is 3.22. The number of methoxy groups -OCH3 is 1. The molecule has 0 spiro atoms. The largest absolute Gasteiger partial charge is 0.504 e. The predicted octanol–water partition coefficient (Wildman–Crippen LogP) is -3.78. The van der Waals surface area contributed by atoms with E-state index in [1.165, 1.54) is 31.4 Å². The fourth-order valence-electron chi connectivity index (χ4n) is 3.22. The van der Waals surface area contributed by atoms with E-state index in [2.05, 4.69) is 0 Å². The number of aliphatic hydroxyl groups excluding tert-OH is 8. The number of carbonyl (C=O) groups is 1. The highest BCUT2D eigenvalue weighted by Gasteiger charge is 2.45.